The molecule has 0 aromatic heterocycles. The molecule has 1 aliphatic rings. The molecule has 114 valence electrons. The van der Waals surface area contributed by atoms with Crippen LogP contribution >= 0.6 is 0 Å². The predicted octanol–water partition coefficient (Wildman–Crippen LogP) is 4.24. The molecule has 2 rings (SSSR count). The van der Waals surface area contributed by atoms with Crippen molar-refractivity contribution >= 4 is 6.09 Å². The Morgan fingerprint density at radius 2 is 1.86 bits per heavy atom. The zero-order chi connectivity index (χ0) is 15.8. The van der Waals surface area contributed by atoms with Crippen LogP contribution < -0.4 is 0 Å². The summed E-state index contributed by atoms with van der Waals surface area (Å²) in [5.41, 5.74) is -0.392. The average molecular weight is 289 g/mol. The topological polar surface area (TPSA) is 38.8 Å². The van der Waals surface area contributed by atoms with E-state index in [0.29, 0.717) is 5.76 Å². The van der Waals surface area contributed by atoms with Crippen molar-refractivity contribution in [2.75, 3.05) is 0 Å². The zero-order valence-electron chi connectivity index (χ0n) is 13.3. The maximum absolute atomic E-state index is 12.6. The first-order valence-corrected chi connectivity index (χ1v) is 7.07. The molecule has 0 N–H and O–H groups in total. The Hall–Kier alpha value is -1.97. The summed E-state index contributed by atoms with van der Waals surface area (Å²) in [7, 11) is 0. The van der Waals surface area contributed by atoms with Crippen LogP contribution in [-0.2, 0) is 9.47 Å². The molecule has 0 aliphatic carbocycles. The van der Waals surface area contributed by atoms with E-state index >= 15 is 0 Å². The number of hydrogen-bond acceptors (Lipinski definition) is 3. The Labute approximate surface area is 126 Å². The van der Waals surface area contributed by atoms with Gasteiger partial charge in [0.25, 0.3) is 0 Å². The van der Waals surface area contributed by atoms with Crippen molar-refractivity contribution in [3.63, 3.8) is 0 Å². The molecule has 1 fully saturated rings. The molecule has 0 spiro atoms. The van der Waals surface area contributed by atoms with Crippen molar-refractivity contribution in [2.24, 2.45) is 0 Å². The van der Waals surface area contributed by atoms with Crippen LogP contribution in [0.3, 0.4) is 0 Å². The summed E-state index contributed by atoms with van der Waals surface area (Å²) < 4.78 is 11.3. The van der Waals surface area contributed by atoms with Crippen LogP contribution in [0.2, 0.25) is 0 Å². The van der Waals surface area contributed by atoms with E-state index in [2.05, 4.69) is 6.58 Å². The third-order valence-corrected chi connectivity index (χ3v) is 3.23. The maximum atomic E-state index is 12.6. The van der Waals surface area contributed by atoms with Crippen LogP contribution in [0.4, 0.5) is 4.79 Å². The highest BCUT2D eigenvalue weighted by Gasteiger charge is 2.49. The number of rotatable bonds is 1. The number of benzene rings is 1. The van der Waals surface area contributed by atoms with Gasteiger partial charge in [0.1, 0.15) is 17.4 Å². The second kappa shape index (κ2) is 5.10. The minimum atomic E-state index is -0.792. The van der Waals surface area contributed by atoms with Crippen molar-refractivity contribution in [3.8, 4) is 0 Å². The third-order valence-electron chi connectivity index (χ3n) is 3.23. The van der Waals surface area contributed by atoms with Crippen LogP contribution in [0.1, 0.15) is 46.2 Å². The normalized spacial score (nSPS) is 21.1. The second-order valence-electron chi connectivity index (χ2n) is 6.68. The molecule has 1 unspecified atom stereocenters. The molecule has 1 heterocycles. The molecular formula is C17H23NO3. The van der Waals surface area contributed by atoms with Gasteiger partial charge >= 0.3 is 6.09 Å². The maximum Gasteiger partial charge on any atom is 0.414 e. The fourth-order valence-corrected chi connectivity index (χ4v) is 2.49. The number of carbonyl (C=O) groups is 1. The SMILES string of the molecule is C=C1OC(C)(C)N(C(=O)OC(C)(C)C)C1c1ccccc1. The van der Waals surface area contributed by atoms with Gasteiger partial charge in [0.05, 0.1) is 0 Å². The van der Waals surface area contributed by atoms with Crippen LogP contribution in [0.5, 0.6) is 0 Å². The fraction of sp³-hybridized carbons (Fsp3) is 0.471. The Morgan fingerprint density at radius 1 is 1.29 bits per heavy atom. The minimum absolute atomic E-state index is 0.337. The van der Waals surface area contributed by atoms with E-state index in [9.17, 15) is 4.79 Å². The Bertz CT molecular complexity index is 543. The number of carbonyl (C=O) groups excluding carboxylic acids is 1. The molecule has 0 bridgehead atoms. The molecule has 21 heavy (non-hydrogen) atoms. The van der Waals surface area contributed by atoms with Crippen LogP contribution in [0, 0.1) is 0 Å². The number of nitrogens with zero attached hydrogens (tertiary/aromatic N) is 1. The molecule has 1 atom stereocenters. The molecule has 1 saturated heterocycles. The monoisotopic (exact) mass is 289 g/mol. The summed E-state index contributed by atoms with van der Waals surface area (Å²) in [6, 6.07) is 9.37. The van der Waals surface area contributed by atoms with E-state index in [1.165, 1.54) is 0 Å². The summed E-state index contributed by atoms with van der Waals surface area (Å²) >= 11 is 0. The quantitative estimate of drug-likeness (QED) is 0.776. The standard InChI is InChI=1S/C17H23NO3/c1-12-14(13-10-8-7-9-11-13)18(17(5,6)20-12)15(19)21-16(2,3)4/h7-11,14H,1H2,2-6H3. The summed E-state index contributed by atoms with van der Waals surface area (Å²) in [4.78, 5) is 14.2. The summed E-state index contributed by atoms with van der Waals surface area (Å²) in [6.07, 6.45) is -0.403. The molecule has 0 radical (unpaired) electrons. The first-order chi connectivity index (χ1) is 9.62. The van der Waals surface area contributed by atoms with Gasteiger partial charge in [0, 0.05) is 0 Å². The van der Waals surface area contributed by atoms with Crippen LogP contribution in [0.15, 0.2) is 42.7 Å². The van der Waals surface area contributed by atoms with E-state index in [-0.39, 0.29) is 6.04 Å². The van der Waals surface area contributed by atoms with Gasteiger partial charge in [-0.3, -0.25) is 4.90 Å². The lowest BCUT2D eigenvalue weighted by Crippen LogP contribution is -2.47. The van der Waals surface area contributed by atoms with Crippen molar-refractivity contribution in [1.29, 1.82) is 0 Å². The number of hydrogen-bond donors (Lipinski definition) is 0. The average Bonchev–Trinajstić information content (AvgIpc) is 2.57. The highest BCUT2D eigenvalue weighted by Crippen LogP contribution is 2.43. The minimum Gasteiger partial charge on any atom is -0.471 e. The van der Waals surface area contributed by atoms with Crippen molar-refractivity contribution < 1.29 is 14.3 Å². The van der Waals surface area contributed by atoms with E-state index in [4.69, 9.17) is 9.47 Å². The Balaban J connectivity index is 2.38. The highest BCUT2D eigenvalue weighted by atomic mass is 16.6. The molecule has 1 aliphatic heterocycles. The first kappa shape index (κ1) is 15.4. The third kappa shape index (κ3) is 3.20. The molecule has 4 heteroatoms. The second-order valence-corrected chi connectivity index (χ2v) is 6.68. The lowest BCUT2D eigenvalue weighted by Gasteiger charge is -2.34. The Morgan fingerprint density at radius 3 is 2.38 bits per heavy atom. The molecule has 4 nitrogen and oxygen atoms in total. The van der Waals surface area contributed by atoms with Gasteiger partial charge in [-0.25, -0.2) is 4.79 Å². The molecule has 0 saturated carbocycles. The number of ether oxygens (including phenoxy) is 2. The lowest BCUT2D eigenvalue weighted by atomic mass is 10.0. The van der Waals surface area contributed by atoms with Crippen LogP contribution in [-0.4, -0.2) is 22.3 Å². The highest BCUT2D eigenvalue weighted by molar-refractivity contribution is 5.71. The van der Waals surface area contributed by atoms with E-state index in [0.717, 1.165) is 5.56 Å². The largest absolute Gasteiger partial charge is 0.471 e. The van der Waals surface area contributed by atoms with Gasteiger partial charge in [-0.05, 0) is 40.2 Å². The van der Waals surface area contributed by atoms with Gasteiger partial charge in [0.15, 0.2) is 5.72 Å². The lowest BCUT2D eigenvalue weighted by molar-refractivity contribution is -0.0536. The zero-order valence-corrected chi connectivity index (χ0v) is 13.3. The van der Waals surface area contributed by atoms with Gasteiger partial charge in [-0.2, -0.15) is 0 Å². The molecule has 1 aromatic carbocycles. The predicted molar refractivity (Wildman–Crippen MR) is 81.6 cm³/mol. The van der Waals surface area contributed by atoms with Crippen molar-refractivity contribution in [1.82, 2.24) is 4.90 Å². The van der Waals surface area contributed by atoms with E-state index in [1.54, 1.807) is 4.90 Å². The summed E-state index contributed by atoms with van der Waals surface area (Å²) in [5, 5.41) is 0. The first-order valence-electron chi connectivity index (χ1n) is 7.07. The van der Waals surface area contributed by atoms with Gasteiger partial charge < -0.3 is 9.47 Å². The van der Waals surface area contributed by atoms with Crippen molar-refractivity contribution in [3.05, 3.63) is 48.2 Å². The summed E-state index contributed by atoms with van der Waals surface area (Å²) in [6.45, 7) is 13.2. The smallest absolute Gasteiger partial charge is 0.414 e. The van der Waals surface area contributed by atoms with Gasteiger partial charge in [-0.15, -0.1) is 0 Å². The van der Waals surface area contributed by atoms with Crippen LogP contribution in [0.25, 0.3) is 0 Å². The van der Waals surface area contributed by atoms with E-state index < -0.39 is 17.4 Å². The van der Waals surface area contributed by atoms with E-state index in [1.807, 2.05) is 65.0 Å². The molecular weight excluding hydrogens is 266 g/mol. The van der Waals surface area contributed by atoms with Crippen molar-refractivity contribution in [2.45, 2.75) is 52.0 Å². The molecule has 1 amide bonds. The van der Waals surface area contributed by atoms with Gasteiger partial charge in [0.2, 0.25) is 0 Å². The molecule has 1 aromatic rings. The van der Waals surface area contributed by atoms with Gasteiger partial charge in [-0.1, -0.05) is 36.9 Å². The number of amides is 1. The Kier molecular flexibility index (Phi) is 3.74. The fourth-order valence-electron chi connectivity index (χ4n) is 2.49. The summed E-state index contributed by atoms with van der Waals surface area (Å²) in [5.74, 6) is 0.553.